The number of aromatic nitrogens is 1. The number of non-ortho nitro benzene ring substituents is 1. The van der Waals surface area contributed by atoms with Gasteiger partial charge < -0.3 is 4.90 Å². The number of hydrogen-bond acceptors (Lipinski definition) is 4. The minimum atomic E-state index is -0.639. The van der Waals surface area contributed by atoms with Crippen molar-refractivity contribution in [2.75, 3.05) is 7.05 Å². The van der Waals surface area contributed by atoms with Crippen LogP contribution in [0.15, 0.2) is 48.5 Å². The first-order valence-electron chi connectivity index (χ1n) is 8.41. The maximum absolute atomic E-state index is 14.5. The zero-order valence-corrected chi connectivity index (χ0v) is 15.1. The van der Waals surface area contributed by atoms with Crippen molar-refractivity contribution in [3.8, 4) is 11.3 Å². The lowest BCUT2D eigenvalue weighted by Crippen LogP contribution is -2.33. The van der Waals surface area contributed by atoms with Crippen LogP contribution in [0.2, 0.25) is 0 Å². The second-order valence-corrected chi connectivity index (χ2v) is 6.51. The van der Waals surface area contributed by atoms with Gasteiger partial charge >= 0.3 is 0 Å². The maximum Gasteiger partial charge on any atom is 0.272 e. The highest BCUT2D eigenvalue weighted by Crippen LogP contribution is 2.32. The largest absolute Gasteiger partial charge is 0.338 e. The first kappa shape index (κ1) is 18.4. The van der Waals surface area contributed by atoms with Crippen molar-refractivity contribution < 1.29 is 14.1 Å². The lowest BCUT2D eigenvalue weighted by Gasteiger charge is -2.21. The summed E-state index contributed by atoms with van der Waals surface area (Å²) in [6.45, 7) is 3.75. The smallest absolute Gasteiger partial charge is 0.272 e. The van der Waals surface area contributed by atoms with E-state index in [1.165, 1.54) is 4.90 Å². The number of nitro benzene ring substituents is 1. The summed E-state index contributed by atoms with van der Waals surface area (Å²) in [5.74, 6) is -0.942. The monoisotopic (exact) mass is 367 g/mol. The molecule has 0 atom stereocenters. The van der Waals surface area contributed by atoms with Crippen molar-refractivity contribution in [1.29, 1.82) is 0 Å². The van der Waals surface area contributed by atoms with E-state index in [2.05, 4.69) is 4.98 Å². The zero-order chi connectivity index (χ0) is 19.7. The molecule has 7 heteroatoms. The second kappa shape index (κ2) is 7.11. The first-order valence-corrected chi connectivity index (χ1v) is 8.41. The quantitative estimate of drug-likeness (QED) is 0.505. The van der Waals surface area contributed by atoms with Crippen LogP contribution in [0.3, 0.4) is 0 Å². The summed E-state index contributed by atoms with van der Waals surface area (Å²) in [5, 5.41) is 12.4. The van der Waals surface area contributed by atoms with Crippen molar-refractivity contribution in [3.05, 3.63) is 70.2 Å². The molecule has 0 saturated carbocycles. The lowest BCUT2D eigenvalue weighted by molar-refractivity contribution is -0.384. The number of hydrogen-bond donors (Lipinski definition) is 0. The van der Waals surface area contributed by atoms with E-state index in [0.717, 1.165) is 18.2 Å². The summed E-state index contributed by atoms with van der Waals surface area (Å²) in [4.78, 5) is 29.2. The molecule has 1 heterocycles. The van der Waals surface area contributed by atoms with E-state index >= 15 is 0 Å². The van der Waals surface area contributed by atoms with Gasteiger partial charge in [0.25, 0.3) is 11.6 Å². The number of carbonyl (C=O) groups excluding carboxylic acids is 1. The highest BCUT2D eigenvalue weighted by molar-refractivity contribution is 6.01. The summed E-state index contributed by atoms with van der Waals surface area (Å²) < 4.78 is 14.5. The van der Waals surface area contributed by atoms with E-state index in [-0.39, 0.29) is 34.6 Å². The summed E-state index contributed by atoms with van der Waals surface area (Å²) in [5.41, 5.74) is 0.108. The Morgan fingerprint density at radius 2 is 1.89 bits per heavy atom. The number of halogens is 1. The fraction of sp³-hybridized carbons (Fsp3) is 0.200. The highest BCUT2D eigenvalue weighted by Gasteiger charge is 2.21. The number of amides is 1. The number of carbonyl (C=O) groups is 1. The third-order valence-corrected chi connectivity index (χ3v) is 4.47. The Labute approximate surface area is 155 Å². The van der Waals surface area contributed by atoms with Crippen LogP contribution in [0, 0.1) is 15.9 Å². The zero-order valence-electron chi connectivity index (χ0n) is 15.1. The predicted molar refractivity (Wildman–Crippen MR) is 101 cm³/mol. The lowest BCUT2D eigenvalue weighted by atomic mass is 10.0. The Kier molecular flexibility index (Phi) is 4.85. The van der Waals surface area contributed by atoms with Gasteiger partial charge in [-0.05, 0) is 31.4 Å². The number of nitrogens with zero attached hydrogens (tertiary/aromatic N) is 3. The van der Waals surface area contributed by atoms with Gasteiger partial charge in [-0.1, -0.05) is 24.3 Å². The predicted octanol–water partition coefficient (Wildman–Crippen LogP) is 4.43. The van der Waals surface area contributed by atoms with E-state index < -0.39 is 10.7 Å². The molecule has 6 nitrogen and oxygen atoms in total. The molecule has 27 heavy (non-hydrogen) atoms. The summed E-state index contributed by atoms with van der Waals surface area (Å²) in [7, 11) is 1.66. The van der Waals surface area contributed by atoms with Crippen LogP contribution in [-0.4, -0.2) is 33.8 Å². The fourth-order valence-electron chi connectivity index (χ4n) is 2.74. The van der Waals surface area contributed by atoms with E-state index in [0.29, 0.717) is 10.8 Å². The van der Waals surface area contributed by atoms with Gasteiger partial charge in [0.15, 0.2) is 0 Å². The van der Waals surface area contributed by atoms with Crippen LogP contribution in [0.4, 0.5) is 10.1 Å². The summed E-state index contributed by atoms with van der Waals surface area (Å²) >= 11 is 0. The van der Waals surface area contributed by atoms with Gasteiger partial charge in [-0.15, -0.1) is 0 Å². The van der Waals surface area contributed by atoms with Crippen molar-refractivity contribution in [3.63, 3.8) is 0 Å². The summed E-state index contributed by atoms with van der Waals surface area (Å²) in [6.07, 6.45) is 0. The Hall–Kier alpha value is -3.35. The second-order valence-electron chi connectivity index (χ2n) is 6.51. The fourth-order valence-corrected chi connectivity index (χ4v) is 2.74. The van der Waals surface area contributed by atoms with Gasteiger partial charge in [0.05, 0.1) is 10.6 Å². The topological polar surface area (TPSA) is 76.3 Å². The average molecular weight is 367 g/mol. The molecule has 0 aliphatic rings. The molecule has 0 saturated heterocycles. The van der Waals surface area contributed by atoms with E-state index in [1.807, 2.05) is 13.8 Å². The molecule has 1 amide bonds. The van der Waals surface area contributed by atoms with Crippen molar-refractivity contribution >= 4 is 22.4 Å². The SMILES string of the molecule is CC(C)N(C)C(=O)c1cc2ccccc2c(-c2cc([N+](=O)[O-])ccc2F)n1. The van der Waals surface area contributed by atoms with Crippen molar-refractivity contribution in [1.82, 2.24) is 9.88 Å². The normalized spacial score (nSPS) is 11.0. The van der Waals surface area contributed by atoms with E-state index in [1.54, 1.807) is 37.4 Å². The molecule has 2 aromatic carbocycles. The van der Waals surface area contributed by atoms with Gasteiger partial charge in [-0.25, -0.2) is 9.37 Å². The number of nitro groups is 1. The number of fused-ring (bicyclic) bond motifs is 1. The minimum Gasteiger partial charge on any atom is -0.338 e. The van der Waals surface area contributed by atoms with E-state index in [9.17, 15) is 19.3 Å². The van der Waals surface area contributed by atoms with Gasteiger partial charge in [0.2, 0.25) is 0 Å². The van der Waals surface area contributed by atoms with Crippen LogP contribution in [0.25, 0.3) is 22.0 Å². The van der Waals surface area contributed by atoms with Crippen LogP contribution >= 0.6 is 0 Å². The molecule has 0 N–H and O–H groups in total. The molecule has 0 fully saturated rings. The maximum atomic E-state index is 14.5. The Balaban J connectivity index is 2.28. The van der Waals surface area contributed by atoms with Crippen LogP contribution < -0.4 is 0 Å². The molecule has 3 rings (SSSR count). The van der Waals surface area contributed by atoms with Crippen molar-refractivity contribution in [2.45, 2.75) is 19.9 Å². The van der Waals surface area contributed by atoms with Crippen LogP contribution in [0.1, 0.15) is 24.3 Å². The number of pyridine rings is 1. The van der Waals surface area contributed by atoms with Gasteiger partial charge in [-0.2, -0.15) is 0 Å². The Morgan fingerprint density at radius 1 is 1.19 bits per heavy atom. The number of rotatable bonds is 4. The summed E-state index contributed by atoms with van der Waals surface area (Å²) in [6, 6.07) is 12.0. The third kappa shape index (κ3) is 3.48. The molecule has 0 radical (unpaired) electrons. The molecule has 0 aliphatic heterocycles. The molecule has 0 bridgehead atoms. The van der Waals surface area contributed by atoms with Crippen molar-refractivity contribution in [2.24, 2.45) is 0 Å². The Morgan fingerprint density at radius 3 is 2.56 bits per heavy atom. The molecule has 0 unspecified atom stereocenters. The van der Waals surface area contributed by atoms with E-state index in [4.69, 9.17) is 0 Å². The molecular weight excluding hydrogens is 349 g/mol. The molecule has 138 valence electrons. The minimum absolute atomic E-state index is 0.0118. The Bertz CT molecular complexity index is 1050. The molecule has 1 aromatic heterocycles. The first-order chi connectivity index (χ1) is 12.8. The molecule has 0 spiro atoms. The average Bonchev–Trinajstić information content (AvgIpc) is 2.66. The molecular formula is C20H18FN3O3. The van der Waals surface area contributed by atoms with Gasteiger partial charge in [0, 0.05) is 36.2 Å². The van der Waals surface area contributed by atoms with Crippen LogP contribution in [-0.2, 0) is 0 Å². The molecule has 3 aromatic rings. The van der Waals surface area contributed by atoms with Gasteiger partial charge in [-0.3, -0.25) is 14.9 Å². The number of benzene rings is 2. The highest BCUT2D eigenvalue weighted by atomic mass is 19.1. The molecule has 0 aliphatic carbocycles. The standard InChI is InChI=1S/C20H18FN3O3/c1-12(2)23(3)20(25)18-10-13-6-4-5-7-15(13)19(22-18)16-11-14(24(26)27)8-9-17(16)21/h4-12H,1-3H3. The van der Waals surface area contributed by atoms with Crippen LogP contribution in [0.5, 0.6) is 0 Å². The van der Waals surface area contributed by atoms with Gasteiger partial charge in [0.1, 0.15) is 11.5 Å². The third-order valence-electron chi connectivity index (χ3n) is 4.47.